The second-order valence-corrected chi connectivity index (χ2v) is 16.5. The number of oxime groups is 1. The maximum atomic E-state index is 14.3. The molecule has 6 aromatic rings. The summed E-state index contributed by atoms with van der Waals surface area (Å²) in [7, 11) is 0. The van der Waals surface area contributed by atoms with Crippen molar-refractivity contribution in [2.24, 2.45) is 5.16 Å². The zero-order valence-corrected chi connectivity index (χ0v) is 35.6. The van der Waals surface area contributed by atoms with E-state index in [1.807, 2.05) is 152 Å². The fraction of sp³-hybridized carbons (Fsp3) is 0.146. The molecule has 15 heteroatoms. The minimum absolute atomic E-state index is 0.0105. The van der Waals surface area contributed by atoms with Gasteiger partial charge in [-0.05, 0) is 33.4 Å². The highest BCUT2D eigenvalue weighted by Gasteiger charge is 2.55. The van der Waals surface area contributed by atoms with Crippen molar-refractivity contribution in [2.75, 3.05) is 16.9 Å². The number of aromatic nitrogens is 1. The zero-order valence-electron chi connectivity index (χ0n) is 33.2. The maximum Gasteiger partial charge on any atom is 0.407 e. The quantitative estimate of drug-likeness (QED) is 0.0246. The van der Waals surface area contributed by atoms with E-state index >= 15 is 0 Å². The van der Waals surface area contributed by atoms with Gasteiger partial charge in [-0.1, -0.05) is 169 Å². The zero-order chi connectivity index (χ0) is 43.8. The third-order valence-corrected chi connectivity index (χ3v) is 12.7. The summed E-state index contributed by atoms with van der Waals surface area (Å²) in [6, 6.07) is 46.6. The third kappa shape index (κ3) is 9.15. The van der Waals surface area contributed by atoms with E-state index in [4.69, 9.17) is 16.3 Å². The van der Waals surface area contributed by atoms with Gasteiger partial charge >= 0.3 is 12.6 Å². The number of ether oxygens (including phenoxy) is 1. The summed E-state index contributed by atoms with van der Waals surface area (Å²) in [6.07, 6.45) is 2.54. The van der Waals surface area contributed by atoms with Gasteiger partial charge in [0, 0.05) is 17.0 Å². The van der Waals surface area contributed by atoms with Crippen molar-refractivity contribution < 1.29 is 32.7 Å². The van der Waals surface area contributed by atoms with Crippen LogP contribution in [0, 0.1) is 0 Å². The average molecular weight is 902 g/mol. The summed E-state index contributed by atoms with van der Waals surface area (Å²) >= 11 is 8.42. The van der Waals surface area contributed by atoms with Gasteiger partial charge in [-0.2, -0.15) is 8.78 Å². The second kappa shape index (κ2) is 19.6. The lowest BCUT2D eigenvalue weighted by Gasteiger charge is -2.49. The van der Waals surface area contributed by atoms with Crippen molar-refractivity contribution >= 4 is 63.3 Å². The van der Waals surface area contributed by atoms with E-state index in [1.165, 1.54) is 22.0 Å². The van der Waals surface area contributed by atoms with Crippen LogP contribution in [-0.2, 0) is 29.5 Å². The number of carbonyl (C=O) groups excluding carboxylic acids is 3. The van der Waals surface area contributed by atoms with Crippen molar-refractivity contribution in [3.05, 3.63) is 214 Å². The summed E-state index contributed by atoms with van der Waals surface area (Å²) < 4.78 is 33.2. The maximum absolute atomic E-state index is 14.3. The molecular formula is C48H38ClF2N5O5S2. The average Bonchev–Trinajstić information content (AvgIpc) is 3.79. The van der Waals surface area contributed by atoms with Crippen LogP contribution in [0.15, 0.2) is 186 Å². The highest BCUT2D eigenvalue weighted by atomic mass is 35.5. The molecule has 8 rings (SSSR count). The van der Waals surface area contributed by atoms with E-state index in [2.05, 4.69) is 25.6 Å². The number of amides is 2. The number of fused-ring (bicyclic) bond motifs is 1. The highest BCUT2D eigenvalue weighted by molar-refractivity contribution is 8.00. The van der Waals surface area contributed by atoms with Crippen molar-refractivity contribution in [1.82, 2.24) is 15.2 Å². The van der Waals surface area contributed by atoms with Crippen LogP contribution in [0.3, 0.4) is 0 Å². The fourth-order valence-electron chi connectivity index (χ4n) is 7.58. The molecule has 318 valence electrons. The molecule has 1 aromatic heterocycles. The molecule has 2 N–H and O–H groups in total. The molecule has 0 spiro atoms. The molecule has 0 bridgehead atoms. The SMILES string of the molecule is O=C(OC(c1ccccc1)c1ccccc1)C1=C(/C=C/CCl)CS[C@@H]2[C@H](NC(=O)/C(=N\OC(F)F)c3csc(NC(c4ccccc4)(c4ccccc4)c4ccccc4)n3)C(=O)N12. The van der Waals surface area contributed by atoms with Gasteiger partial charge in [-0.25, -0.2) is 9.78 Å². The summed E-state index contributed by atoms with van der Waals surface area (Å²) in [5, 5.41) is 10.9. The third-order valence-electron chi connectivity index (χ3n) is 10.4. The first-order valence-corrected chi connectivity index (χ1v) is 22.2. The molecule has 2 aliphatic rings. The number of hydrogen-bond donors (Lipinski definition) is 2. The van der Waals surface area contributed by atoms with E-state index < -0.39 is 53.2 Å². The van der Waals surface area contributed by atoms with E-state index in [0.717, 1.165) is 39.2 Å². The Morgan fingerprint density at radius 3 is 1.87 bits per heavy atom. The minimum atomic E-state index is -3.35. The first kappa shape index (κ1) is 43.1. The monoisotopic (exact) mass is 901 g/mol. The van der Waals surface area contributed by atoms with Crippen LogP contribution in [0.5, 0.6) is 0 Å². The van der Waals surface area contributed by atoms with Crippen molar-refractivity contribution in [2.45, 2.75) is 29.7 Å². The van der Waals surface area contributed by atoms with Crippen LogP contribution in [0.1, 0.15) is 39.6 Å². The van der Waals surface area contributed by atoms with Gasteiger partial charge in [-0.15, -0.1) is 34.7 Å². The number of nitrogens with zero attached hydrogens (tertiary/aromatic N) is 3. The Hall–Kier alpha value is -6.61. The molecule has 1 fully saturated rings. The Labute approximate surface area is 375 Å². The standard InChI is InChI=1S/C48H38ClF2N5O5S2/c49-28-16-21-33-29-62-44-39(43(58)56(44)40(33)45(59)60-41(31-17-6-1-7-18-31)32-19-8-2-9-20-32)53-42(57)38(55-61-46(50)51)37-30-63-47(52-37)54-48(34-22-10-3-11-23-34,35-24-12-4-13-25-35)36-26-14-5-15-27-36/h1-27,30,39,41,44,46H,28-29H2,(H,52,54)(H,53,57)/b21-16+,55-38-/t39-,44-/m1/s1. The number of carbonyl (C=O) groups is 3. The van der Waals surface area contributed by atoms with E-state index in [1.54, 1.807) is 12.2 Å². The predicted molar refractivity (Wildman–Crippen MR) is 241 cm³/mol. The molecule has 1 saturated heterocycles. The summed E-state index contributed by atoms with van der Waals surface area (Å²) in [5.74, 6) is -1.93. The van der Waals surface area contributed by atoms with Gasteiger partial charge in [-0.3, -0.25) is 14.5 Å². The van der Waals surface area contributed by atoms with Crippen molar-refractivity contribution in [1.29, 1.82) is 0 Å². The van der Waals surface area contributed by atoms with E-state index in [9.17, 15) is 23.2 Å². The van der Waals surface area contributed by atoms with Crippen LogP contribution in [0.25, 0.3) is 0 Å². The van der Waals surface area contributed by atoms with Crippen LogP contribution in [-0.4, -0.2) is 63.0 Å². The van der Waals surface area contributed by atoms with Crippen molar-refractivity contribution in [3.63, 3.8) is 0 Å². The number of β-lactam (4-membered cyclic amide) rings is 1. The molecule has 5 aromatic carbocycles. The molecular weight excluding hydrogens is 864 g/mol. The van der Waals surface area contributed by atoms with Gasteiger partial charge in [0.1, 0.15) is 28.3 Å². The smallest absolute Gasteiger partial charge is 0.407 e. The van der Waals surface area contributed by atoms with Gasteiger partial charge in [0.25, 0.3) is 11.8 Å². The van der Waals surface area contributed by atoms with Crippen LogP contribution in [0.4, 0.5) is 13.9 Å². The summed E-state index contributed by atoms with van der Waals surface area (Å²) in [6.45, 7) is -3.35. The van der Waals surface area contributed by atoms with Crippen LogP contribution >= 0.6 is 34.7 Å². The largest absolute Gasteiger partial charge is 0.448 e. The molecule has 63 heavy (non-hydrogen) atoms. The minimum Gasteiger partial charge on any atom is -0.448 e. The number of anilines is 1. The van der Waals surface area contributed by atoms with Gasteiger partial charge < -0.3 is 20.2 Å². The molecule has 2 atom stereocenters. The first-order valence-electron chi connectivity index (χ1n) is 19.7. The first-order chi connectivity index (χ1) is 30.8. The number of hydrogen-bond acceptors (Lipinski definition) is 10. The molecule has 0 radical (unpaired) electrons. The molecule has 2 aliphatic heterocycles. The van der Waals surface area contributed by atoms with E-state index in [-0.39, 0.29) is 23.0 Å². The number of nitrogens with one attached hydrogen (secondary N) is 2. The number of halogens is 3. The second-order valence-electron chi connectivity index (χ2n) is 14.2. The van der Waals surface area contributed by atoms with Gasteiger partial charge in [0.2, 0.25) is 0 Å². The lowest BCUT2D eigenvalue weighted by molar-refractivity contribution is -0.154. The summed E-state index contributed by atoms with van der Waals surface area (Å²) in [5.41, 5.74) is 2.99. The van der Waals surface area contributed by atoms with Crippen molar-refractivity contribution in [3.8, 4) is 0 Å². The molecule has 0 aliphatic carbocycles. The number of alkyl halides is 3. The van der Waals surface area contributed by atoms with Crippen LogP contribution in [0.2, 0.25) is 0 Å². The lowest BCUT2D eigenvalue weighted by atomic mass is 9.77. The number of thioether (sulfide) groups is 1. The Kier molecular flexibility index (Phi) is 13.4. The predicted octanol–water partition coefficient (Wildman–Crippen LogP) is 9.27. The van der Waals surface area contributed by atoms with Crippen LogP contribution < -0.4 is 10.6 Å². The molecule has 0 saturated carbocycles. The normalized spacial score (nSPS) is 16.5. The topological polar surface area (TPSA) is 122 Å². The number of esters is 1. The Morgan fingerprint density at radius 1 is 0.841 bits per heavy atom. The number of thiazole rings is 1. The summed E-state index contributed by atoms with van der Waals surface area (Å²) in [4.78, 5) is 52.7. The number of allylic oxidation sites excluding steroid dienone is 2. The van der Waals surface area contributed by atoms with Gasteiger partial charge in [0.05, 0.1) is 0 Å². The number of rotatable bonds is 16. The number of benzene rings is 5. The van der Waals surface area contributed by atoms with Gasteiger partial charge in [0.15, 0.2) is 16.9 Å². The lowest BCUT2D eigenvalue weighted by Crippen LogP contribution is -2.71. The molecule has 2 amide bonds. The molecule has 10 nitrogen and oxygen atoms in total. The fourth-order valence-corrected chi connectivity index (χ4v) is 9.74. The molecule has 3 heterocycles. The van der Waals surface area contributed by atoms with E-state index in [0.29, 0.717) is 10.7 Å². The Balaban J connectivity index is 1.07. The Bertz CT molecular complexity index is 2500. The highest BCUT2D eigenvalue weighted by Crippen LogP contribution is 2.43. The molecule has 0 unspecified atom stereocenters. The Morgan fingerprint density at radius 2 is 1.37 bits per heavy atom.